The first-order valence-corrected chi connectivity index (χ1v) is 9.53. The molecule has 0 unspecified atom stereocenters. The van der Waals surface area contributed by atoms with E-state index in [9.17, 15) is 18.0 Å². The van der Waals surface area contributed by atoms with Gasteiger partial charge in [-0.1, -0.05) is 0 Å². The number of aryl methyl sites for hydroxylation is 1. The highest BCUT2D eigenvalue weighted by Gasteiger charge is 2.18. The van der Waals surface area contributed by atoms with Crippen LogP contribution in [0.5, 0.6) is 0 Å². The number of hydrogen-bond donors (Lipinski definition) is 2. The van der Waals surface area contributed by atoms with E-state index in [1.54, 1.807) is 17.1 Å². The van der Waals surface area contributed by atoms with E-state index in [4.69, 9.17) is 4.74 Å². The van der Waals surface area contributed by atoms with Crippen LogP contribution in [0.15, 0.2) is 48.9 Å². The summed E-state index contributed by atoms with van der Waals surface area (Å²) in [5.74, 6) is -1.87. The second kappa shape index (κ2) is 8.55. The minimum atomic E-state index is -0.737. The number of H-pyrrole nitrogens is 1. The number of benzene rings is 2. The predicted molar refractivity (Wildman–Crippen MR) is 109 cm³/mol. The highest BCUT2D eigenvalue weighted by Crippen LogP contribution is 2.33. The molecule has 0 aliphatic rings. The normalized spacial score (nSPS) is 11.1. The average molecular weight is 428 g/mol. The van der Waals surface area contributed by atoms with E-state index in [1.807, 2.05) is 7.05 Å². The number of aromatic nitrogens is 3. The fraction of sp³-hybridized carbons (Fsp3) is 0.182. The van der Waals surface area contributed by atoms with E-state index in [2.05, 4.69) is 15.3 Å². The van der Waals surface area contributed by atoms with E-state index in [-0.39, 0.29) is 25.1 Å². The van der Waals surface area contributed by atoms with Gasteiger partial charge in [-0.15, -0.1) is 0 Å². The molecule has 2 aromatic heterocycles. The summed E-state index contributed by atoms with van der Waals surface area (Å²) in [6.45, 7) is 0.192. The Bertz CT molecular complexity index is 1230. The summed E-state index contributed by atoms with van der Waals surface area (Å²) in [4.78, 5) is 19.0. The number of alkyl carbamates (subject to hydrolysis) is 1. The predicted octanol–water partition coefficient (Wildman–Crippen LogP) is 4.45. The third-order valence-corrected chi connectivity index (χ3v) is 4.82. The number of amides is 1. The number of carbonyl (C=O) groups is 1. The zero-order valence-corrected chi connectivity index (χ0v) is 16.6. The first-order valence-electron chi connectivity index (χ1n) is 9.53. The van der Waals surface area contributed by atoms with Gasteiger partial charge in [-0.3, -0.25) is 0 Å². The second-order valence-corrected chi connectivity index (χ2v) is 7.07. The minimum Gasteiger partial charge on any atom is -0.449 e. The van der Waals surface area contributed by atoms with Gasteiger partial charge in [-0.05, 0) is 41.5 Å². The molecule has 2 heterocycles. The zero-order chi connectivity index (χ0) is 22.0. The molecule has 0 aliphatic heterocycles. The summed E-state index contributed by atoms with van der Waals surface area (Å²) in [6, 6.07) is 7.65. The number of hydrogen-bond acceptors (Lipinski definition) is 3. The second-order valence-electron chi connectivity index (χ2n) is 7.07. The first-order chi connectivity index (χ1) is 14.9. The summed E-state index contributed by atoms with van der Waals surface area (Å²) in [5, 5.41) is 2.94. The van der Waals surface area contributed by atoms with Crippen molar-refractivity contribution in [2.75, 3.05) is 6.61 Å². The Labute approximate surface area is 175 Å². The number of rotatable bonds is 6. The molecule has 4 rings (SSSR count). The lowest BCUT2D eigenvalue weighted by Gasteiger charge is -2.08. The van der Waals surface area contributed by atoms with Crippen LogP contribution in [-0.4, -0.2) is 27.2 Å². The molecular weight excluding hydrogens is 409 g/mol. The Hall–Kier alpha value is -3.75. The molecule has 0 fully saturated rings. The van der Waals surface area contributed by atoms with Gasteiger partial charge in [0.25, 0.3) is 0 Å². The van der Waals surface area contributed by atoms with E-state index in [1.165, 1.54) is 30.3 Å². The average Bonchev–Trinajstić information content (AvgIpc) is 3.31. The zero-order valence-electron chi connectivity index (χ0n) is 16.6. The van der Waals surface area contributed by atoms with Crippen molar-refractivity contribution >= 4 is 17.0 Å². The molecule has 0 spiro atoms. The summed E-state index contributed by atoms with van der Waals surface area (Å²) < 4.78 is 48.4. The highest BCUT2D eigenvalue weighted by atomic mass is 19.1. The monoisotopic (exact) mass is 428 g/mol. The molecule has 0 radical (unpaired) electrons. The molecule has 2 N–H and O–H groups in total. The maximum Gasteiger partial charge on any atom is 0.407 e. The smallest absolute Gasteiger partial charge is 0.407 e. The maximum atomic E-state index is 14.3. The number of nitrogens with one attached hydrogen (secondary N) is 2. The lowest BCUT2D eigenvalue weighted by Crippen LogP contribution is -2.24. The Morgan fingerprint density at radius 1 is 1.16 bits per heavy atom. The minimum absolute atomic E-state index is 0.0205. The molecular formula is C22H19F3N4O2. The molecule has 0 atom stereocenters. The van der Waals surface area contributed by atoms with Crippen molar-refractivity contribution in [3.8, 4) is 11.3 Å². The molecule has 1 amide bonds. The first kappa shape index (κ1) is 20.5. The van der Waals surface area contributed by atoms with Gasteiger partial charge in [-0.25, -0.2) is 22.9 Å². The van der Waals surface area contributed by atoms with Gasteiger partial charge in [0.2, 0.25) is 0 Å². The third kappa shape index (κ3) is 4.55. The van der Waals surface area contributed by atoms with Crippen LogP contribution in [0.1, 0.15) is 11.3 Å². The molecule has 160 valence electrons. The number of ether oxygens (including phenoxy) is 1. The molecule has 0 saturated carbocycles. The summed E-state index contributed by atoms with van der Waals surface area (Å²) >= 11 is 0. The van der Waals surface area contributed by atoms with Gasteiger partial charge in [0.1, 0.15) is 17.5 Å². The maximum absolute atomic E-state index is 14.3. The molecule has 9 heteroatoms. The van der Waals surface area contributed by atoms with Crippen molar-refractivity contribution in [3.05, 3.63) is 77.6 Å². The highest BCUT2D eigenvalue weighted by molar-refractivity contribution is 5.91. The van der Waals surface area contributed by atoms with Gasteiger partial charge in [0.05, 0.1) is 30.7 Å². The SMILES string of the molecule is Cn1cnc(CNC(=O)OCCc2c(-c3ccc(F)cc3)[nH]c3c(F)cc(F)cc23)c1. The number of nitrogens with zero attached hydrogens (tertiary/aromatic N) is 2. The van der Waals surface area contributed by atoms with E-state index < -0.39 is 23.5 Å². The van der Waals surface area contributed by atoms with Gasteiger partial charge in [0.15, 0.2) is 0 Å². The third-order valence-electron chi connectivity index (χ3n) is 4.82. The fourth-order valence-corrected chi connectivity index (χ4v) is 3.41. The topological polar surface area (TPSA) is 71.9 Å². The van der Waals surface area contributed by atoms with Crippen molar-refractivity contribution in [1.29, 1.82) is 0 Å². The quantitative estimate of drug-likeness (QED) is 0.477. The van der Waals surface area contributed by atoms with Gasteiger partial charge >= 0.3 is 6.09 Å². The van der Waals surface area contributed by atoms with Crippen LogP contribution in [0.4, 0.5) is 18.0 Å². The largest absolute Gasteiger partial charge is 0.449 e. The number of aromatic amines is 1. The Kier molecular flexibility index (Phi) is 5.66. The van der Waals surface area contributed by atoms with Crippen LogP contribution in [-0.2, 0) is 24.8 Å². The molecule has 6 nitrogen and oxygen atoms in total. The van der Waals surface area contributed by atoms with Crippen molar-refractivity contribution in [2.45, 2.75) is 13.0 Å². The Morgan fingerprint density at radius 2 is 1.94 bits per heavy atom. The van der Waals surface area contributed by atoms with Crippen molar-refractivity contribution in [3.63, 3.8) is 0 Å². The number of carbonyl (C=O) groups excluding carboxylic acids is 1. The molecule has 0 bridgehead atoms. The molecule has 0 saturated heterocycles. The molecule has 0 aliphatic carbocycles. The number of imidazole rings is 1. The van der Waals surface area contributed by atoms with Crippen LogP contribution in [0.3, 0.4) is 0 Å². The summed E-state index contributed by atoms with van der Waals surface area (Å²) in [5.41, 5.74) is 2.50. The van der Waals surface area contributed by atoms with Crippen LogP contribution >= 0.6 is 0 Å². The molecule has 31 heavy (non-hydrogen) atoms. The molecule has 4 aromatic rings. The molecule has 2 aromatic carbocycles. The van der Waals surface area contributed by atoms with Gasteiger partial charge < -0.3 is 19.6 Å². The van der Waals surface area contributed by atoms with Crippen LogP contribution < -0.4 is 5.32 Å². The van der Waals surface area contributed by atoms with Crippen molar-refractivity contribution in [2.24, 2.45) is 7.05 Å². The van der Waals surface area contributed by atoms with E-state index in [0.29, 0.717) is 27.9 Å². The summed E-state index contributed by atoms with van der Waals surface area (Å²) in [6.07, 6.45) is 2.96. The van der Waals surface area contributed by atoms with E-state index in [0.717, 1.165) is 6.07 Å². The lowest BCUT2D eigenvalue weighted by atomic mass is 10.0. The number of fused-ring (bicyclic) bond motifs is 1. The fourth-order valence-electron chi connectivity index (χ4n) is 3.41. The van der Waals surface area contributed by atoms with Crippen LogP contribution in [0, 0.1) is 17.5 Å². The van der Waals surface area contributed by atoms with Crippen molar-refractivity contribution in [1.82, 2.24) is 19.9 Å². The van der Waals surface area contributed by atoms with Crippen LogP contribution in [0.2, 0.25) is 0 Å². The van der Waals surface area contributed by atoms with Crippen LogP contribution in [0.25, 0.3) is 22.2 Å². The Balaban J connectivity index is 1.52. The lowest BCUT2D eigenvalue weighted by molar-refractivity contribution is 0.147. The van der Waals surface area contributed by atoms with Crippen molar-refractivity contribution < 1.29 is 22.7 Å². The van der Waals surface area contributed by atoms with Gasteiger partial charge in [-0.2, -0.15) is 0 Å². The Morgan fingerprint density at radius 3 is 2.65 bits per heavy atom. The number of halogens is 3. The van der Waals surface area contributed by atoms with Gasteiger partial charge in [0, 0.05) is 36.8 Å². The standard InChI is InChI=1S/C22H19F3N4O2/c1-29-11-16(27-12-29)10-26-22(30)31-7-6-17-18-8-15(24)9-19(25)21(18)28-20(17)13-2-4-14(23)5-3-13/h2-5,8-9,11-12,28H,6-7,10H2,1H3,(H,26,30). The summed E-state index contributed by atoms with van der Waals surface area (Å²) in [7, 11) is 1.82. The van der Waals surface area contributed by atoms with E-state index >= 15 is 0 Å².